The number of hydrogen-bond acceptors (Lipinski definition) is 4. The molecule has 1 heterocycles. The van der Waals surface area contributed by atoms with Gasteiger partial charge in [-0.25, -0.2) is 0 Å². The molecule has 0 saturated carbocycles. The molecule has 6 heteroatoms. The molecule has 6 nitrogen and oxygen atoms in total. The molecule has 0 unspecified atom stereocenters. The van der Waals surface area contributed by atoms with E-state index in [1.54, 1.807) is 13.2 Å². The zero-order valence-electron chi connectivity index (χ0n) is 14.1. The molecule has 0 radical (unpaired) electrons. The Balaban J connectivity index is 2.19. The number of carbonyl (C=O) groups excluding carboxylic acids is 2. The second-order valence-electron chi connectivity index (χ2n) is 5.38. The summed E-state index contributed by atoms with van der Waals surface area (Å²) in [6.45, 7) is 4.47. The summed E-state index contributed by atoms with van der Waals surface area (Å²) in [6.07, 6.45) is 3.70. The van der Waals surface area contributed by atoms with Crippen LogP contribution in [-0.4, -0.2) is 30.5 Å². The van der Waals surface area contributed by atoms with Crippen LogP contribution in [0.4, 0.5) is 5.69 Å². The highest BCUT2D eigenvalue weighted by atomic mass is 16.5. The van der Waals surface area contributed by atoms with Crippen LogP contribution in [0.1, 0.15) is 39.6 Å². The summed E-state index contributed by atoms with van der Waals surface area (Å²) in [5.74, 6) is -0.0255. The molecule has 24 heavy (non-hydrogen) atoms. The number of benzene rings is 1. The lowest BCUT2D eigenvalue weighted by Gasteiger charge is -2.11. The third-order valence-electron chi connectivity index (χ3n) is 3.40. The Morgan fingerprint density at radius 3 is 2.50 bits per heavy atom. The largest absolute Gasteiger partial charge is 0.495 e. The van der Waals surface area contributed by atoms with Crippen molar-refractivity contribution in [3.63, 3.8) is 0 Å². The van der Waals surface area contributed by atoms with Crippen LogP contribution in [0, 0.1) is 6.92 Å². The normalized spacial score (nSPS) is 10.1. The third kappa shape index (κ3) is 4.32. The number of ether oxygens (including phenoxy) is 1. The van der Waals surface area contributed by atoms with Gasteiger partial charge in [-0.05, 0) is 37.1 Å². The van der Waals surface area contributed by atoms with Crippen LogP contribution >= 0.6 is 0 Å². The molecule has 2 aromatic rings. The van der Waals surface area contributed by atoms with Gasteiger partial charge in [0.15, 0.2) is 0 Å². The fourth-order valence-electron chi connectivity index (χ4n) is 2.14. The van der Waals surface area contributed by atoms with Crippen molar-refractivity contribution in [1.29, 1.82) is 0 Å². The van der Waals surface area contributed by atoms with Crippen molar-refractivity contribution >= 4 is 17.5 Å². The SMILES string of the molecule is CCCNC(=O)c1cncc(C(=O)Nc2cc(C)ccc2OC)c1. The molecule has 0 bridgehead atoms. The molecule has 0 aliphatic carbocycles. The summed E-state index contributed by atoms with van der Waals surface area (Å²) >= 11 is 0. The maximum atomic E-state index is 12.4. The molecular formula is C18H21N3O3. The Morgan fingerprint density at radius 1 is 1.12 bits per heavy atom. The lowest BCUT2D eigenvalue weighted by Crippen LogP contribution is -2.24. The molecule has 2 amide bonds. The number of nitrogens with one attached hydrogen (secondary N) is 2. The molecule has 2 rings (SSSR count). The number of nitrogens with zero attached hydrogens (tertiary/aromatic N) is 1. The van der Waals surface area contributed by atoms with Gasteiger partial charge in [-0.3, -0.25) is 14.6 Å². The van der Waals surface area contributed by atoms with Crippen molar-refractivity contribution in [3.8, 4) is 5.75 Å². The second-order valence-corrected chi connectivity index (χ2v) is 5.38. The van der Waals surface area contributed by atoms with Crippen molar-refractivity contribution < 1.29 is 14.3 Å². The predicted molar refractivity (Wildman–Crippen MR) is 92.5 cm³/mol. The maximum absolute atomic E-state index is 12.4. The number of aromatic nitrogens is 1. The number of hydrogen-bond donors (Lipinski definition) is 2. The fourth-order valence-corrected chi connectivity index (χ4v) is 2.14. The minimum atomic E-state index is -0.350. The van der Waals surface area contributed by atoms with Crippen molar-refractivity contribution in [2.24, 2.45) is 0 Å². The van der Waals surface area contributed by atoms with Crippen molar-refractivity contribution in [3.05, 3.63) is 53.3 Å². The summed E-state index contributed by atoms with van der Waals surface area (Å²) in [7, 11) is 1.54. The number of aryl methyl sites for hydroxylation is 1. The average Bonchev–Trinajstić information content (AvgIpc) is 2.60. The number of methoxy groups -OCH3 is 1. The van der Waals surface area contributed by atoms with Gasteiger partial charge < -0.3 is 15.4 Å². The van der Waals surface area contributed by atoms with E-state index in [1.165, 1.54) is 18.5 Å². The molecule has 0 spiro atoms. The van der Waals surface area contributed by atoms with Crippen molar-refractivity contribution in [1.82, 2.24) is 10.3 Å². The number of carbonyl (C=O) groups is 2. The molecule has 1 aromatic carbocycles. The quantitative estimate of drug-likeness (QED) is 0.855. The van der Waals surface area contributed by atoms with Gasteiger partial charge in [0, 0.05) is 18.9 Å². The highest BCUT2D eigenvalue weighted by Crippen LogP contribution is 2.25. The maximum Gasteiger partial charge on any atom is 0.257 e. The standard InChI is InChI=1S/C18H21N3O3/c1-4-7-20-17(22)13-9-14(11-19-10-13)18(23)21-15-8-12(2)5-6-16(15)24-3/h5-6,8-11H,4,7H2,1-3H3,(H,20,22)(H,21,23). The molecule has 1 aromatic heterocycles. The number of anilines is 1. The zero-order chi connectivity index (χ0) is 17.5. The van der Waals surface area contributed by atoms with Crippen LogP contribution in [0.3, 0.4) is 0 Å². The van der Waals surface area contributed by atoms with Crippen LogP contribution in [0.2, 0.25) is 0 Å². The van der Waals surface area contributed by atoms with Crippen LogP contribution in [-0.2, 0) is 0 Å². The van der Waals surface area contributed by atoms with E-state index in [1.807, 2.05) is 26.0 Å². The number of pyridine rings is 1. The highest BCUT2D eigenvalue weighted by Gasteiger charge is 2.13. The first-order valence-corrected chi connectivity index (χ1v) is 7.74. The van der Waals surface area contributed by atoms with Crippen LogP contribution in [0.25, 0.3) is 0 Å². The smallest absolute Gasteiger partial charge is 0.257 e. The first-order valence-electron chi connectivity index (χ1n) is 7.74. The minimum Gasteiger partial charge on any atom is -0.495 e. The van der Waals surface area contributed by atoms with Crippen molar-refractivity contribution in [2.45, 2.75) is 20.3 Å². The summed E-state index contributed by atoms with van der Waals surface area (Å²) in [4.78, 5) is 28.4. The average molecular weight is 327 g/mol. The Kier molecular flexibility index (Phi) is 5.89. The van der Waals surface area contributed by atoms with E-state index in [0.717, 1.165) is 12.0 Å². The van der Waals surface area contributed by atoms with Gasteiger partial charge in [0.25, 0.3) is 11.8 Å². The first-order chi connectivity index (χ1) is 11.5. The van der Waals surface area contributed by atoms with Gasteiger partial charge in [0.05, 0.1) is 23.9 Å². The fraction of sp³-hybridized carbons (Fsp3) is 0.278. The van der Waals surface area contributed by atoms with E-state index in [9.17, 15) is 9.59 Å². The van der Waals surface area contributed by atoms with Gasteiger partial charge in [0.1, 0.15) is 5.75 Å². The van der Waals surface area contributed by atoms with Gasteiger partial charge in [0.2, 0.25) is 0 Å². The number of rotatable bonds is 6. The van der Waals surface area contributed by atoms with Gasteiger partial charge in [-0.2, -0.15) is 0 Å². The van der Waals surface area contributed by atoms with E-state index in [4.69, 9.17) is 4.74 Å². The minimum absolute atomic E-state index is 0.243. The predicted octanol–water partition coefficient (Wildman–Crippen LogP) is 2.79. The third-order valence-corrected chi connectivity index (χ3v) is 3.40. The topological polar surface area (TPSA) is 80.3 Å². The summed E-state index contributed by atoms with van der Waals surface area (Å²) in [5, 5.41) is 5.55. The molecule has 0 fully saturated rings. The Bertz CT molecular complexity index is 744. The highest BCUT2D eigenvalue weighted by molar-refractivity contribution is 6.06. The Hall–Kier alpha value is -2.89. The van der Waals surface area contributed by atoms with Crippen LogP contribution in [0.15, 0.2) is 36.7 Å². The Morgan fingerprint density at radius 2 is 1.83 bits per heavy atom. The van der Waals surface area contributed by atoms with Gasteiger partial charge >= 0.3 is 0 Å². The van der Waals surface area contributed by atoms with E-state index in [2.05, 4.69) is 15.6 Å². The first kappa shape index (κ1) is 17.5. The molecule has 0 saturated heterocycles. The van der Waals surface area contributed by atoms with E-state index in [-0.39, 0.29) is 11.8 Å². The molecule has 0 atom stereocenters. The van der Waals surface area contributed by atoms with Gasteiger partial charge in [-0.1, -0.05) is 13.0 Å². The lowest BCUT2D eigenvalue weighted by molar-refractivity contribution is 0.0953. The summed E-state index contributed by atoms with van der Waals surface area (Å²) in [6, 6.07) is 7.03. The van der Waals surface area contributed by atoms with E-state index < -0.39 is 0 Å². The lowest BCUT2D eigenvalue weighted by atomic mass is 10.1. The van der Waals surface area contributed by atoms with E-state index >= 15 is 0 Å². The Labute approximate surface area is 141 Å². The summed E-state index contributed by atoms with van der Waals surface area (Å²) in [5.41, 5.74) is 2.23. The second kappa shape index (κ2) is 8.10. The van der Waals surface area contributed by atoms with E-state index in [0.29, 0.717) is 29.1 Å². The molecule has 2 N–H and O–H groups in total. The van der Waals surface area contributed by atoms with Gasteiger partial charge in [-0.15, -0.1) is 0 Å². The molecule has 0 aliphatic heterocycles. The zero-order valence-corrected chi connectivity index (χ0v) is 14.1. The van der Waals surface area contributed by atoms with Crippen LogP contribution in [0.5, 0.6) is 5.75 Å². The van der Waals surface area contributed by atoms with Crippen LogP contribution < -0.4 is 15.4 Å². The summed E-state index contributed by atoms with van der Waals surface area (Å²) < 4.78 is 5.25. The molecular weight excluding hydrogens is 306 g/mol. The molecule has 126 valence electrons. The molecule has 0 aliphatic rings. The number of amides is 2. The monoisotopic (exact) mass is 327 g/mol. The van der Waals surface area contributed by atoms with Crippen molar-refractivity contribution in [2.75, 3.05) is 19.0 Å².